The van der Waals surface area contributed by atoms with Gasteiger partial charge in [-0.15, -0.1) is 0 Å². The summed E-state index contributed by atoms with van der Waals surface area (Å²) in [4.78, 5) is 26.5. The predicted octanol–water partition coefficient (Wildman–Crippen LogP) is 5.57. The second kappa shape index (κ2) is 7.16. The van der Waals surface area contributed by atoms with Gasteiger partial charge in [0.25, 0.3) is 0 Å². The molecule has 2 aromatic rings. The van der Waals surface area contributed by atoms with Gasteiger partial charge in [0.1, 0.15) is 17.3 Å². The third kappa shape index (κ3) is 3.14. The monoisotopic (exact) mass is 420 g/mol. The minimum Gasteiger partial charge on any atom is -0.455 e. The summed E-state index contributed by atoms with van der Waals surface area (Å²) in [7, 11) is 0. The second-order valence-corrected chi connectivity index (χ2v) is 10.6. The Morgan fingerprint density at radius 3 is 2.65 bits per heavy atom. The zero-order valence-electron chi connectivity index (χ0n) is 18.9. The number of esters is 1. The highest BCUT2D eigenvalue weighted by molar-refractivity contribution is 5.96. The smallest absolute Gasteiger partial charge is 0.338 e. The van der Waals surface area contributed by atoms with Crippen molar-refractivity contribution in [2.24, 2.45) is 23.7 Å². The molecule has 31 heavy (non-hydrogen) atoms. The molecule has 2 aromatic carbocycles. The Kier molecular flexibility index (Phi) is 4.78. The molecule has 2 bridgehead atoms. The Labute approximate surface area is 184 Å². The number of fused-ring (bicyclic) bond motifs is 5. The number of benzene rings is 2. The van der Waals surface area contributed by atoms with Crippen molar-refractivity contribution in [1.82, 2.24) is 0 Å². The maximum atomic E-state index is 13.4. The Balaban J connectivity index is 1.53. The van der Waals surface area contributed by atoms with Gasteiger partial charge in [-0.1, -0.05) is 51.1 Å². The predicted molar refractivity (Wildman–Crippen MR) is 120 cm³/mol. The lowest BCUT2D eigenvalue weighted by atomic mass is 9.70. The molecule has 1 saturated carbocycles. The first-order chi connectivity index (χ1) is 14.7. The molecular formula is C27H32O4. The van der Waals surface area contributed by atoms with Crippen molar-refractivity contribution in [1.29, 1.82) is 0 Å². The average molecular weight is 421 g/mol. The number of hydrogen-bond acceptors (Lipinski definition) is 4. The SMILES string of the molecule is CC(C)CC12CC(=O)C(C)(O1)C1CCC(C)C1C2OC(=O)c1ccc2ccccc2c1. The molecule has 6 atom stereocenters. The van der Waals surface area contributed by atoms with Gasteiger partial charge in [0, 0.05) is 18.3 Å². The lowest BCUT2D eigenvalue weighted by molar-refractivity contribution is -0.238. The van der Waals surface area contributed by atoms with E-state index in [-0.39, 0.29) is 23.6 Å². The minimum absolute atomic E-state index is 0.118. The lowest BCUT2D eigenvalue weighted by Crippen LogP contribution is -2.60. The van der Waals surface area contributed by atoms with E-state index in [9.17, 15) is 9.59 Å². The quantitative estimate of drug-likeness (QED) is 0.607. The van der Waals surface area contributed by atoms with Gasteiger partial charge in [0.05, 0.1) is 5.56 Å². The van der Waals surface area contributed by atoms with Crippen molar-refractivity contribution in [3.8, 4) is 0 Å². The summed E-state index contributed by atoms with van der Waals surface area (Å²) >= 11 is 0. The van der Waals surface area contributed by atoms with Gasteiger partial charge in [-0.25, -0.2) is 4.79 Å². The number of hydrogen-bond donors (Lipinski definition) is 0. The summed E-state index contributed by atoms with van der Waals surface area (Å²) in [5, 5.41) is 2.11. The van der Waals surface area contributed by atoms with Crippen LogP contribution < -0.4 is 0 Å². The Bertz CT molecular complexity index is 1040. The first-order valence-electron chi connectivity index (χ1n) is 11.7. The van der Waals surface area contributed by atoms with Gasteiger partial charge in [-0.2, -0.15) is 0 Å². The number of carbonyl (C=O) groups is 2. The van der Waals surface area contributed by atoms with Crippen LogP contribution in [0.15, 0.2) is 42.5 Å². The lowest BCUT2D eigenvalue weighted by Gasteiger charge is -2.51. The zero-order chi connectivity index (χ0) is 22.0. The highest BCUT2D eigenvalue weighted by atomic mass is 16.6. The molecule has 2 saturated heterocycles. The molecule has 4 heteroatoms. The molecule has 4 nitrogen and oxygen atoms in total. The van der Waals surface area contributed by atoms with E-state index in [1.54, 1.807) is 0 Å². The molecule has 0 aromatic heterocycles. The van der Waals surface area contributed by atoms with Gasteiger partial charge in [0.15, 0.2) is 5.78 Å². The molecule has 1 aliphatic carbocycles. The van der Waals surface area contributed by atoms with Crippen LogP contribution in [0, 0.1) is 23.7 Å². The van der Waals surface area contributed by atoms with E-state index in [0.29, 0.717) is 23.8 Å². The topological polar surface area (TPSA) is 52.6 Å². The summed E-state index contributed by atoms with van der Waals surface area (Å²) in [6.07, 6.45) is 2.67. The van der Waals surface area contributed by atoms with Crippen molar-refractivity contribution in [2.75, 3.05) is 0 Å². The largest absolute Gasteiger partial charge is 0.455 e. The average Bonchev–Trinajstić information content (AvgIpc) is 3.21. The number of Topliss-reactive ketones (excluding diaryl/α,β-unsaturated/α-hetero) is 1. The number of rotatable bonds is 4. The minimum atomic E-state index is -0.740. The van der Waals surface area contributed by atoms with Crippen LogP contribution in [0.25, 0.3) is 10.8 Å². The first kappa shape index (κ1) is 20.7. The molecule has 2 heterocycles. The van der Waals surface area contributed by atoms with Gasteiger partial charge >= 0.3 is 5.97 Å². The van der Waals surface area contributed by atoms with Crippen LogP contribution in [0.1, 0.15) is 63.7 Å². The highest BCUT2D eigenvalue weighted by Gasteiger charge is 2.70. The Morgan fingerprint density at radius 2 is 1.90 bits per heavy atom. The van der Waals surface area contributed by atoms with Gasteiger partial charge in [-0.05, 0) is 60.9 Å². The number of ether oxygens (including phenoxy) is 2. The molecule has 3 fully saturated rings. The zero-order valence-corrected chi connectivity index (χ0v) is 18.9. The van der Waals surface area contributed by atoms with Crippen molar-refractivity contribution in [3.05, 3.63) is 48.0 Å². The fourth-order valence-corrected chi connectivity index (χ4v) is 6.74. The fraction of sp³-hybridized carbons (Fsp3) is 0.556. The third-order valence-electron chi connectivity index (χ3n) is 8.03. The van der Waals surface area contributed by atoms with Crippen LogP contribution in [0.3, 0.4) is 0 Å². The Morgan fingerprint density at radius 1 is 1.16 bits per heavy atom. The standard InChI is InChI=1S/C27H32O4/c1-16(2)14-27-15-22(28)26(4,31-27)21-12-9-17(3)23(21)24(27)30-25(29)20-11-10-18-7-5-6-8-19(18)13-20/h5-8,10-11,13,16-17,21,23-24H,9,12,14-15H2,1-4H3. The summed E-state index contributed by atoms with van der Waals surface area (Å²) < 4.78 is 13.0. The Hall–Kier alpha value is -2.20. The molecule has 0 spiro atoms. The van der Waals surface area contributed by atoms with E-state index in [2.05, 4.69) is 20.8 Å². The van der Waals surface area contributed by atoms with Gasteiger partial charge in [-0.3, -0.25) is 4.79 Å². The van der Waals surface area contributed by atoms with E-state index in [4.69, 9.17) is 9.47 Å². The van der Waals surface area contributed by atoms with Crippen molar-refractivity contribution >= 4 is 22.5 Å². The summed E-state index contributed by atoms with van der Waals surface area (Å²) in [5.74, 6) is 0.885. The molecule has 2 aliphatic heterocycles. The molecule has 0 N–H and O–H groups in total. The second-order valence-electron chi connectivity index (χ2n) is 10.6. The van der Waals surface area contributed by atoms with E-state index >= 15 is 0 Å². The van der Waals surface area contributed by atoms with E-state index in [1.807, 2.05) is 49.4 Å². The number of carbonyl (C=O) groups excluding carboxylic acids is 2. The molecule has 164 valence electrons. The van der Waals surface area contributed by atoms with E-state index < -0.39 is 17.3 Å². The molecule has 5 rings (SSSR count). The molecule has 6 unspecified atom stereocenters. The van der Waals surface area contributed by atoms with Crippen LogP contribution in [0.5, 0.6) is 0 Å². The van der Waals surface area contributed by atoms with E-state index in [0.717, 1.165) is 30.0 Å². The molecule has 3 aliphatic rings. The normalized spacial score (nSPS) is 36.7. The first-order valence-corrected chi connectivity index (χ1v) is 11.7. The molecular weight excluding hydrogens is 388 g/mol. The molecule has 0 amide bonds. The highest BCUT2D eigenvalue weighted by Crippen LogP contribution is 2.60. The van der Waals surface area contributed by atoms with Crippen LogP contribution >= 0.6 is 0 Å². The van der Waals surface area contributed by atoms with Crippen LogP contribution in [0.4, 0.5) is 0 Å². The fourth-order valence-electron chi connectivity index (χ4n) is 6.74. The third-order valence-corrected chi connectivity index (χ3v) is 8.03. The van der Waals surface area contributed by atoms with Crippen LogP contribution in [-0.2, 0) is 14.3 Å². The number of ketones is 1. The summed E-state index contributed by atoms with van der Waals surface area (Å²) in [5.41, 5.74) is -0.902. The van der Waals surface area contributed by atoms with Crippen molar-refractivity contribution < 1.29 is 19.1 Å². The van der Waals surface area contributed by atoms with Gasteiger partial charge < -0.3 is 9.47 Å². The van der Waals surface area contributed by atoms with Crippen LogP contribution in [0.2, 0.25) is 0 Å². The van der Waals surface area contributed by atoms with Crippen molar-refractivity contribution in [3.63, 3.8) is 0 Å². The van der Waals surface area contributed by atoms with E-state index in [1.165, 1.54) is 0 Å². The maximum absolute atomic E-state index is 13.4. The molecule has 0 radical (unpaired) electrons. The summed E-state index contributed by atoms with van der Waals surface area (Å²) in [6.45, 7) is 8.51. The van der Waals surface area contributed by atoms with Gasteiger partial charge in [0.2, 0.25) is 0 Å². The maximum Gasteiger partial charge on any atom is 0.338 e. The van der Waals surface area contributed by atoms with Crippen LogP contribution in [-0.4, -0.2) is 29.1 Å². The summed E-state index contributed by atoms with van der Waals surface area (Å²) in [6, 6.07) is 13.7. The van der Waals surface area contributed by atoms with Crippen molar-refractivity contribution in [2.45, 2.75) is 70.7 Å².